The highest BCUT2D eigenvalue weighted by atomic mass is 19.3. The first kappa shape index (κ1) is 16.6. The van der Waals surface area contributed by atoms with E-state index in [0.717, 1.165) is 36.2 Å². The summed E-state index contributed by atoms with van der Waals surface area (Å²) in [7, 11) is 0. The molecular weight excluding hydrogens is 338 g/mol. The van der Waals surface area contributed by atoms with Crippen LogP contribution in [0.2, 0.25) is 0 Å². The van der Waals surface area contributed by atoms with Crippen molar-refractivity contribution in [2.45, 2.75) is 38.5 Å². The van der Waals surface area contributed by atoms with Crippen LogP contribution in [0, 0.1) is 0 Å². The second-order valence-electron chi connectivity index (χ2n) is 6.77. The molecule has 0 aliphatic heterocycles. The van der Waals surface area contributed by atoms with Gasteiger partial charge in [0.25, 0.3) is 5.92 Å². The Labute approximate surface area is 149 Å². The number of anilines is 1. The Morgan fingerprint density at radius 2 is 2.12 bits per heavy atom. The summed E-state index contributed by atoms with van der Waals surface area (Å²) in [4.78, 5) is 19.8. The number of halogens is 2. The van der Waals surface area contributed by atoms with Gasteiger partial charge in [-0.15, -0.1) is 0 Å². The van der Waals surface area contributed by atoms with Crippen molar-refractivity contribution in [3.05, 3.63) is 47.9 Å². The van der Waals surface area contributed by atoms with Gasteiger partial charge in [0.1, 0.15) is 17.3 Å². The van der Waals surface area contributed by atoms with E-state index in [1.165, 1.54) is 13.0 Å². The fraction of sp³-hybridized carbons (Fsp3) is 0.316. The van der Waals surface area contributed by atoms with Crippen molar-refractivity contribution >= 4 is 22.6 Å². The van der Waals surface area contributed by atoms with Crippen molar-refractivity contribution in [1.29, 1.82) is 0 Å². The van der Waals surface area contributed by atoms with Gasteiger partial charge in [-0.1, -0.05) is 6.07 Å². The Morgan fingerprint density at radius 1 is 1.35 bits per heavy atom. The average Bonchev–Trinajstić information content (AvgIpc) is 3.35. The molecule has 0 aromatic carbocycles. The van der Waals surface area contributed by atoms with Crippen molar-refractivity contribution in [2.75, 3.05) is 5.32 Å². The highest BCUT2D eigenvalue weighted by molar-refractivity contribution is 5.92. The molecule has 0 saturated heterocycles. The molecule has 26 heavy (non-hydrogen) atoms. The Kier molecular flexibility index (Phi) is 3.75. The van der Waals surface area contributed by atoms with Crippen LogP contribution in [0.4, 0.5) is 14.6 Å². The smallest absolute Gasteiger partial charge is 0.287 e. The number of pyridine rings is 2. The quantitative estimate of drug-likeness (QED) is 0.755. The number of nitrogens with zero attached hydrogens (tertiary/aromatic N) is 3. The second kappa shape index (κ2) is 5.86. The van der Waals surface area contributed by atoms with E-state index < -0.39 is 5.92 Å². The third-order valence-corrected chi connectivity index (χ3v) is 4.47. The molecule has 134 valence electrons. The molecule has 4 rings (SSSR count). The number of aromatic nitrogens is 3. The lowest BCUT2D eigenvalue weighted by Gasteiger charge is -2.12. The summed E-state index contributed by atoms with van der Waals surface area (Å²) in [6.07, 6.45) is 5.88. The van der Waals surface area contributed by atoms with Crippen molar-refractivity contribution in [3.63, 3.8) is 0 Å². The highest BCUT2D eigenvalue weighted by Crippen LogP contribution is 2.44. The number of fused-ring (bicyclic) bond motifs is 1. The lowest BCUT2D eigenvalue weighted by atomic mass is 10.1. The van der Waals surface area contributed by atoms with Crippen LogP contribution in [0.15, 0.2) is 36.7 Å². The zero-order valence-electron chi connectivity index (χ0n) is 14.5. The molecule has 0 radical (unpaired) electrons. The van der Waals surface area contributed by atoms with E-state index in [4.69, 9.17) is 0 Å². The number of amides is 1. The van der Waals surface area contributed by atoms with E-state index in [1.54, 1.807) is 29.0 Å². The van der Waals surface area contributed by atoms with E-state index >= 15 is 0 Å². The van der Waals surface area contributed by atoms with E-state index in [9.17, 15) is 13.6 Å². The topological polar surface area (TPSA) is 59.8 Å². The molecule has 1 amide bonds. The van der Waals surface area contributed by atoms with Crippen LogP contribution in [0.5, 0.6) is 0 Å². The monoisotopic (exact) mass is 356 g/mol. The molecule has 1 aliphatic rings. The molecule has 3 aromatic heterocycles. The van der Waals surface area contributed by atoms with E-state index in [2.05, 4.69) is 15.3 Å². The Hall–Kier alpha value is -2.83. The highest BCUT2D eigenvalue weighted by Gasteiger charge is 2.29. The lowest BCUT2D eigenvalue weighted by molar-refractivity contribution is -0.114. The number of alkyl halides is 2. The first-order chi connectivity index (χ1) is 12.3. The van der Waals surface area contributed by atoms with Gasteiger partial charge in [-0.2, -0.15) is 8.78 Å². The maximum Gasteiger partial charge on any atom is 0.287 e. The van der Waals surface area contributed by atoms with Crippen molar-refractivity contribution in [2.24, 2.45) is 0 Å². The minimum absolute atomic E-state index is 0.219. The van der Waals surface area contributed by atoms with Gasteiger partial charge in [-0.3, -0.25) is 4.79 Å². The normalized spacial score (nSPS) is 14.6. The van der Waals surface area contributed by atoms with Crippen LogP contribution in [-0.4, -0.2) is 20.4 Å². The van der Waals surface area contributed by atoms with E-state index in [0.29, 0.717) is 17.6 Å². The predicted molar refractivity (Wildman–Crippen MR) is 94.7 cm³/mol. The predicted octanol–water partition coefficient (Wildman–Crippen LogP) is 4.37. The number of hydrogen-bond donors (Lipinski definition) is 1. The molecule has 5 nitrogen and oxygen atoms in total. The summed E-state index contributed by atoms with van der Waals surface area (Å²) in [6, 6.07) is 6.35. The van der Waals surface area contributed by atoms with Gasteiger partial charge in [0.15, 0.2) is 0 Å². The van der Waals surface area contributed by atoms with Crippen molar-refractivity contribution in [3.8, 4) is 5.82 Å². The van der Waals surface area contributed by atoms with Crippen LogP contribution in [0.3, 0.4) is 0 Å². The fourth-order valence-electron chi connectivity index (χ4n) is 3.10. The van der Waals surface area contributed by atoms with Crippen LogP contribution < -0.4 is 5.32 Å². The minimum atomic E-state index is -3.01. The van der Waals surface area contributed by atoms with Crippen molar-refractivity contribution in [1.82, 2.24) is 14.5 Å². The summed E-state index contributed by atoms with van der Waals surface area (Å²) in [5.74, 6) is -1.93. The number of carbonyl (C=O) groups is 1. The van der Waals surface area contributed by atoms with Crippen molar-refractivity contribution < 1.29 is 13.6 Å². The molecule has 0 atom stereocenters. The number of rotatable bonds is 4. The minimum Gasteiger partial charge on any atom is -0.311 e. The molecule has 1 N–H and O–H groups in total. The number of carbonyl (C=O) groups excluding carboxylic acids is 1. The van der Waals surface area contributed by atoms with Gasteiger partial charge in [0, 0.05) is 37.7 Å². The van der Waals surface area contributed by atoms with Gasteiger partial charge in [-0.05, 0) is 36.5 Å². The van der Waals surface area contributed by atoms with E-state index in [1.807, 2.05) is 6.20 Å². The Morgan fingerprint density at radius 3 is 2.77 bits per heavy atom. The average molecular weight is 356 g/mol. The first-order valence-corrected chi connectivity index (χ1v) is 8.47. The summed E-state index contributed by atoms with van der Waals surface area (Å²) >= 11 is 0. The maximum absolute atomic E-state index is 13.7. The molecule has 0 bridgehead atoms. The molecule has 1 fully saturated rings. The fourth-order valence-corrected chi connectivity index (χ4v) is 3.10. The Bertz CT molecular complexity index is 1000. The Balaban J connectivity index is 1.89. The van der Waals surface area contributed by atoms with Gasteiger partial charge < -0.3 is 9.88 Å². The lowest BCUT2D eigenvalue weighted by Crippen LogP contribution is -2.11. The molecular formula is C19H18F2N4O. The molecule has 1 saturated carbocycles. The molecule has 7 heteroatoms. The van der Waals surface area contributed by atoms with Crippen LogP contribution >= 0.6 is 0 Å². The second-order valence-corrected chi connectivity index (χ2v) is 6.77. The summed E-state index contributed by atoms with van der Waals surface area (Å²) in [6.45, 7) is 2.25. The third-order valence-electron chi connectivity index (χ3n) is 4.47. The molecule has 3 heterocycles. The van der Waals surface area contributed by atoms with Gasteiger partial charge in [0.2, 0.25) is 5.91 Å². The molecule has 1 aliphatic carbocycles. The zero-order chi connectivity index (χ0) is 18.5. The van der Waals surface area contributed by atoms with Gasteiger partial charge in [-0.25, -0.2) is 9.97 Å². The number of hydrogen-bond acceptors (Lipinski definition) is 3. The molecule has 3 aromatic rings. The van der Waals surface area contributed by atoms with Gasteiger partial charge >= 0.3 is 0 Å². The zero-order valence-corrected chi connectivity index (χ0v) is 14.5. The largest absolute Gasteiger partial charge is 0.311 e. The third kappa shape index (κ3) is 3.05. The standard InChI is InChI=1S/C19H18F2N4O/c1-11(26)23-17-8-15-13(9-22-17)14(12-6-7-12)10-25(15)18-5-3-4-16(24-18)19(2,20)21/h3-5,8-10,12H,6-7H2,1-2H3,(H,22,23,26). The summed E-state index contributed by atoms with van der Waals surface area (Å²) in [5.41, 5.74) is 1.65. The van der Waals surface area contributed by atoms with Crippen LogP contribution in [-0.2, 0) is 10.7 Å². The summed E-state index contributed by atoms with van der Waals surface area (Å²) in [5, 5.41) is 3.62. The maximum atomic E-state index is 13.7. The van der Waals surface area contributed by atoms with Gasteiger partial charge in [0.05, 0.1) is 5.52 Å². The van der Waals surface area contributed by atoms with Crippen LogP contribution in [0.25, 0.3) is 16.7 Å². The summed E-state index contributed by atoms with van der Waals surface area (Å²) < 4.78 is 29.2. The van der Waals surface area contributed by atoms with E-state index in [-0.39, 0.29) is 11.6 Å². The SMILES string of the molecule is CC(=O)Nc1cc2c(cn1)c(C1CC1)cn2-c1cccc(C(C)(F)F)n1. The number of nitrogens with one attached hydrogen (secondary N) is 1. The molecule has 0 spiro atoms. The van der Waals surface area contributed by atoms with Crippen LogP contribution in [0.1, 0.15) is 43.9 Å². The molecule has 0 unspecified atom stereocenters. The first-order valence-electron chi connectivity index (χ1n) is 8.47.